The Morgan fingerprint density at radius 2 is 1.96 bits per heavy atom. The van der Waals surface area contributed by atoms with Gasteiger partial charge >= 0.3 is 0 Å². The van der Waals surface area contributed by atoms with E-state index in [0.717, 1.165) is 55.6 Å². The van der Waals surface area contributed by atoms with Gasteiger partial charge in [-0.15, -0.1) is 11.3 Å². The second kappa shape index (κ2) is 5.70. The average Bonchev–Trinajstić information content (AvgIpc) is 3.32. The molecule has 1 N–H and O–H groups in total. The molecule has 1 aliphatic carbocycles. The maximum absolute atomic E-state index is 13.3. The van der Waals surface area contributed by atoms with Gasteiger partial charge in [0, 0.05) is 18.0 Å². The van der Waals surface area contributed by atoms with E-state index < -0.39 is 0 Å². The van der Waals surface area contributed by atoms with Crippen molar-refractivity contribution in [1.82, 2.24) is 14.9 Å². The number of H-pyrrole nitrogens is 1. The molecule has 1 amide bonds. The van der Waals surface area contributed by atoms with Crippen LogP contribution < -0.4 is 0 Å². The number of hydrogen-bond acceptors (Lipinski definition) is 3. The number of benzene rings is 1. The number of amides is 1. The number of para-hydroxylation sites is 2. The first-order chi connectivity index (χ1) is 12.3. The third-order valence-corrected chi connectivity index (χ3v) is 6.90. The number of nitrogens with one attached hydrogen (secondary N) is 1. The molecule has 2 aliphatic rings. The minimum Gasteiger partial charge on any atom is -0.342 e. The normalized spacial score (nSPS) is 20.1. The van der Waals surface area contributed by atoms with Crippen molar-refractivity contribution in [2.45, 2.75) is 37.0 Å². The second-order valence-corrected chi connectivity index (χ2v) is 8.26. The van der Waals surface area contributed by atoms with Crippen molar-refractivity contribution in [3.8, 4) is 0 Å². The van der Waals surface area contributed by atoms with Crippen LogP contribution in [-0.2, 0) is 10.2 Å². The molecule has 1 aliphatic heterocycles. The van der Waals surface area contributed by atoms with E-state index in [1.54, 1.807) is 11.3 Å². The number of fused-ring (bicyclic) bond motifs is 1. The van der Waals surface area contributed by atoms with Gasteiger partial charge in [0.15, 0.2) is 0 Å². The molecule has 5 heteroatoms. The number of likely N-dealkylation sites (tertiary alicyclic amines) is 1. The van der Waals surface area contributed by atoms with Crippen molar-refractivity contribution in [1.29, 1.82) is 0 Å². The Kier molecular flexibility index (Phi) is 3.45. The lowest BCUT2D eigenvalue weighted by atomic mass is 9.81. The molecular formula is C20H21N3OS. The molecule has 0 spiro atoms. The molecule has 4 nitrogen and oxygen atoms in total. The van der Waals surface area contributed by atoms with Crippen molar-refractivity contribution in [3.05, 3.63) is 52.5 Å². The van der Waals surface area contributed by atoms with E-state index in [4.69, 9.17) is 4.98 Å². The molecule has 1 aromatic carbocycles. The van der Waals surface area contributed by atoms with Crippen molar-refractivity contribution < 1.29 is 4.79 Å². The molecule has 2 aromatic heterocycles. The van der Waals surface area contributed by atoms with E-state index >= 15 is 0 Å². The Balaban J connectivity index is 1.35. The Labute approximate surface area is 150 Å². The first-order valence-corrected chi connectivity index (χ1v) is 9.92. The summed E-state index contributed by atoms with van der Waals surface area (Å²) in [4.78, 5) is 24.7. The molecule has 0 radical (unpaired) electrons. The summed E-state index contributed by atoms with van der Waals surface area (Å²) in [6.07, 6.45) is 4.31. The summed E-state index contributed by atoms with van der Waals surface area (Å²) >= 11 is 1.73. The third kappa shape index (κ3) is 2.33. The molecule has 3 aromatic rings. The van der Waals surface area contributed by atoms with Crippen LogP contribution in [0.25, 0.3) is 11.0 Å². The van der Waals surface area contributed by atoms with Crippen LogP contribution in [0.1, 0.15) is 42.3 Å². The molecule has 0 atom stereocenters. The molecular weight excluding hydrogens is 330 g/mol. The number of thiophene rings is 1. The van der Waals surface area contributed by atoms with Crippen LogP contribution in [0, 0.1) is 0 Å². The molecule has 25 heavy (non-hydrogen) atoms. The molecule has 0 bridgehead atoms. The fraction of sp³-hybridized carbons (Fsp3) is 0.400. The van der Waals surface area contributed by atoms with Gasteiger partial charge in [0.25, 0.3) is 0 Å². The van der Waals surface area contributed by atoms with Crippen LogP contribution in [0.3, 0.4) is 0 Å². The molecule has 0 unspecified atom stereocenters. The van der Waals surface area contributed by atoms with Gasteiger partial charge in [-0.3, -0.25) is 4.79 Å². The summed E-state index contributed by atoms with van der Waals surface area (Å²) in [5, 5.41) is 2.09. The molecule has 1 saturated carbocycles. The predicted molar refractivity (Wildman–Crippen MR) is 99.9 cm³/mol. The molecule has 2 fully saturated rings. The van der Waals surface area contributed by atoms with Crippen LogP contribution in [0.4, 0.5) is 0 Å². The van der Waals surface area contributed by atoms with Gasteiger partial charge in [-0.25, -0.2) is 4.98 Å². The summed E-state index contributed by atoms with van der Waals surface area (Å²) in [5.41, 5.74) is 1.83. The van der Waals surface area contributed by atoms with Crippen molar-refractivity contribution in [2.24, 2.45) is 0 Å². The fourth-order valence-corrected chi connectivity index (χ4v) is 5.36. The highest BCUT2D eigenvalue weighted by Gasteiger charge is 2.48. The first-order valence-electron chi connectivity index (χ1n) is 9.04. The number of carbonyl (C=O) groups excluding carboxylic acids is 1. The van der Waals surface area contributed by atoms with E-state index in [0.29, 0.717) is 11.8 Å². The average molecular weight is 351 g/mol. The van der Waals surface area contributed by atoms with Gasteiger partial charge in [-0.2, -0.15) is 0 Å². The van der Waals surface area contributed by atoms with Gasteiger partial charge in [-0.05, 0) is 36.4 Å². The molecule has 128 valence electrons. The number of aromatic nitrogens is 2. The maximum atomic E-state index is 13.3. The van der Waals surface area contributed by atoms with Crippen LogP contribution >= 0.6 is 11.3 Å². The van der Waals surface area contributed by atoms with E-state index in [9.17, 15) is 4.79 Å². The zero-order valence-corrected chi connectivity index (χ0v) is 14.9. The Morgan fingerprint density at radius 3 is 2.68 bits per heavy atom. The fourth-order valence-electron chi connectivity index (χ4n) is 4.38. The SMILES string of the molecule is O=C(N1CC(c2nc3ccccc3[nH]2)C1)C1(c2cccs2)CCCC1. The van der Waals surface area contributed by atoms with Crippen LogP contribution in [-0.4, -0.2) is 33.9 Å². The predicted octanol–water partition coefficient (Wildman–Crippen LogP) is 4.06. The monoisotopic (exact) mass is 351 g/mol. The zero-order valence-electron chi connectivity index (χ0n) is 14.1. The standard InChI is InChI=1S/C20H21N3OS/c24-19(20(9-3-4-10-20)17-8-5-11-25-17)23-12-14(13-23)18-21-15-6-1-2-7-16(15)22-18/h1-2,5-8,11,14H,3-4,9-10,12-13H2,(H,21,22). The topological polar surface area (TPSA) is 49.0 Å². The molecule has 1 saturated heterocycles. The smallest absolute Gasteiger partial charge is 0.234 e. The minimum atomic E-state index is -0.257. The maximum Gasteiger partial charge on any atom is 0.234 e. The van der Waals surface area contributed by atoms with Crippen LogP contribution in [0.15, 0.2) is 41.8 Å². The summed E-state index contributed by atoms with van der Waals surface area (Å²) in [5.74, 6) is 1.68. The van der Waals surface area contributed by atoms with E-state index in [1.807, 2.05) is 23.1 Å². The summed E-state index contributed by atoms with van der Waals surface area (Å²) in [6, 6.07) is 12.3. The van der Waals surface area contributed by atoms with Gasteiger partial charge < -0.3 is 9.88 Å². The quantitative estimate of drug-likeness (QED) is 0.773. The lowest BCUT2D eigenvalue weighted by Gasteiger charge is -2.43. The van der Waals surface area contributed by atoms with Crippen molar-refractivity contribution >= 4 is 28.3 Å². The Bertz CT molecular complexity index is 869. The number of carbonyl (C=O) groups is 1. The Hall–Kier alpha value is -2.14. The van der Waals surface area contributed by atoms with Gasteiger partial charge in [-0.1, -0.05) is 31.0 Å². The van der Waals surface area contributed by atoms with Gasteiger partial charge in [0.2, 0.25) is 5.91 Å². The van der Waals surface area contributed by atoms with Crippen LogP contribution in [0.2, 0.25) is 0 Å². The first kappa shape index (κ1) is 15.1. The van der Waals surface area contributed by atoms with E-state index in [1.165, 1.54) is 4.88 Å². The van der Waals surface area contributed by atoms with Crippen molar-refractivity contribution in [3.63, 3.8) is 0 Å². The number of rotatable bonds is 3. The molecule has 3 heterocycles. The summed E-state index contributed by atoms with van der Waals surface area (Å²) < 4.78 is 0. The van der Waals surface area contributed by atoms with Crippen molar-refractivity contribution in [2.75, 3.05) is 13.1 Å². The second-order valence-electron chi connectivity index (χ2n) is 7.31. The van der Waals surface area contributed by atoms with Gasteiger partial charge in [0.1, 0.15) is 5.82 Å². The highest BCUT2D eigenvalue weighted by Crippen LogP contribution is 2.46. The number of nitrogens with zero attached hydrogens (tertiary/aromatic N) is 2. The lowest BCUT2D eigenvalue weighted by Crippen LogP contribution is -2.55. The van der Waals surface area contributed by atoms with E-state index in [2.05, 4.69) is 28.6 Å². The largest absolute Gasteiger partial charge is 0.342 e. The molecule has 5 rings (SSSR count). The minimum absolute atomic E-state index is 0.257. The third-order valence-electron chi connectivity index (χ3n) is 5.82. The summed E-state index contributed by atoms with van der Waals surface area (Å²) in [7, 11) is 0. The van der Waals surface area contributed by atoms with Crippen LogP contribution in [0.5, 0.6) is 0 Å². The Morgan fingerprint density at radius 1 is 1.16 bits per heavy atom. The summed E-state index contributed by atoms with van der Waals surface area (Å²) in [6.45, 7) is 1.57. The highest BCUT2D eigenvalue weighted by molar-refractivity contribution is 7.10. The number of imidazole rings is 1. The van der Waals surface area contributed by atoms with Gasteiger partial charge in [0.05, 0.1) is 22.4 Å². The van der Waals surface area contributed by atoms with E-state index in [-0.39, 0.29) is 5.41 Å². The number of aromatic amines is 1. The highest BCUT2D eigenvalue weighted by atomic mass is 32.1. The number of hydrogen-bond donors (Lipinski definition) is 1. The zero-order chi connectivity index (χ0) is 16.9. The lowest BCUT2D eigenvalue weighted by molar-refractivity contribution is -0.142.